The predicted molar refractivity (Wildman–Crippen MR) is 87.7 cm³/mol. The average molecular weight is 353 g/mol. The van der Waals surface area contributed by atoms with E-state index in [0.29, 0.717) is 0 Å². The molecule has 2 aromatic heterocycles. The Hall–Kier alpha value is -2.55. The van der Waals surface area contributed by atoms with Gasteiger partial charge >= 0.3 is 6.18 Å². The fourth-order valence-corrected chi connectivity index (χ4v) is 2.59. The highest BCUT2D eigenvalue weighted by Gasteiger charge is 2.32. The van der Waals surface area contributed by atoms with Crippen molar-refractivity contribution >= 4 is 17.4 Å². The maximum absolute atomic E-state index is 12.6. The van der Waals surface area contributed by atoms with Crippen LogP contribution in [0.3, 0.4) is 0 Å². The number of amides is 1. The van der Waals surface area contributed by atoms with Gasteiger partial charge in [-0.3, -0.25) is 4.79 Å². The number of likely N-dealkylation sites (N-methyl/N-ethyl adjacent to an activating group) is 1. The van der Waals surface area contributed by atoms with Crippen LogP contribution in [0.4, 0.5) is 24.7 Å². The van der Waals surface area contributed by atoms with Crippen LogP contribution in [0.25, 0.3) is 0 Å². The van der Waals surface area contributed by atoms with Crippen molar-refractivity contribution in [3.63, 3.8) is 0 Å². The van der Waals surface area contributed by atoms with Crippen LogP contribution < -0.4 is 10.2 Å². The first-order valence-electron chi connectivity index (χ1n) is 7.79. The van der Waals surface area contributed by atoms with Crippen LogP contribution in [0.1, 0.15) is 16.1 Å². The van der Waals surface area contributed by atoms with E-state index < -0.39 is 17.8 Å². The number of carbonyl (C=O) groups excluding carboxylic acids is 1. The second kappa shape index (κ2) is 6.75. The second-order valence-corrected chi connectivity index (χ2v) is 5.95. The molecule has 134 valence electrons. The molecule has 0 radical (unpaired) electrons. The third-order valence-corrected chi connectivity index (χ3v) is 4.11. The third kappa shape index (κ3) is 4.11. The van der Waals surface area contributed by atoms with Crippen LogP contribution >= 0.6 is 0 Å². The fraction of sp³-hybridized carbons (Fsp3) is 0.375. The van der Waals surface area contributed by atoms with Gasteiger partial charge in [0.15, 0.2) is 0 Å². The highest BCUT2D eigenvalue weighted by molar-refractivity contribution is 6.03. The summed E-state index contributed by atoms with van der Waals surface area (Å²) in [5.41, 5.74) is -0.111. The first kappa shape index (κ1) is 17.3. The SMILES string of the molecule is CN1CCN(c2ccc(NC(=O)c3c[nH]c(C(F)(F)F)c3)nc2)CC1. The molecule has 3 heterocycles. The number of aromatic amines is 1. The van der Waals surface area contributed by atoms with Crippen LogP contribution in [0.5, 0.6) is 0 Å². The van der Waals surface area contributed by atoms with Crippen molar-refractivity contribution in [1.82, 2.24) is 14.9 Å². The Labute approximate surface area is 142 Å². The highest BCUT2D eigenvalue weighted by atomic mass is 19.4. The van der Waals surface area contributed by atoms with E-state index in [1.807, 2.05) is 6.07 Å². The van der Waals surface area contributed by atoms with Crippen LogP contribution in [0, 0.1) is 0 Å². The zero-order valence-corrected chi connectivity index (χ0v) is 13.6. The van der Waals surface area contributed by atoms with Gasteiger partial charge in [-0.05, 0) is 25.2 Å². The number of H-pyrrole nitrogens is 1. The highest BCUT2D eigenvalue weighted by Crippen LogP contribution is 2.28. The zero-order chi connectivity index (χ0) is 18.0. The summed E-state index contributed by atoms with van der Waals surface area (Å²) in [4.78, 5) is 22.7. The summed E-state index contributed by atoms with van der Waals surface area (Å²) in [6.07, 6.45) is -1.84. The predicted octanol–water partition coefficient (Wildman–Crippen LogP) is 2.43. The number of piperazine rings is 1. The number of carbonyl (C=O) groups is 1. The summed E-state index contributed by atoms with van der Waals surface area (Å²) in [6.45, 7) is 3.72. The molecule has 1 amide bonds. The Morgan fingerprint density at radius 2 is 1.96 bits per heavy atom. The smallest absolute Gasteiger partial charge is 0.368 e. The molecule has 25 heavy (non-hydrogen) atoms. The molecule has 6 nitrogen and oxygen atoms in total. The summed E-state index contributed by atoms with van der Waals surface area (Å²) in [5, 5.41) is 2.50. The van der Waals surface area contributed by atoms with Crippen LogP contribution in [0.2, 0.25) is 0 Å². The van der Waals surface area contributed by atoms with E-state index in [1.54, 1.807) is 12.3 Å². The van der Waals surface area contributed by atoms with Crippen molar-refractivity contribution in [3.05, 3.63) is 41.9 Å². The molecule has 0 bridgehead atoms. The van der Waals surface area contributed by atoms with Crippen molar-refractivity contribution in [1.29, 1.82) is 0 Å². The molecule has 0 saturated carbocycles. The van der Waals surface area contributed by atoms with Crippen LogP contribution in [0.15, 0.2) is 30.6 Å². The third-order valence-electron chi connectivity index (χ3n) is 4.11. The number of hydrogen-bond acceptors (Lipinski definition) is 4. The Morgan fingerprint density at radius 3 is 2.52 bits per heavy atom. The number of nitrogens with one attached hydrogen (secondary N) is 2. The minimum Gasteiger partial charge on any atom is -0.368 e. The fourth-order valence-electron chi connectivity index (χ4n) is 2.59. The Morgan fingerprint density at radius 1 is 1.24 bits per heavy atom. The Bertz CT molecular complexity index is 733. The number of aromatic nitrogens is 2. The van der Waals surface area contributed by atoms with Gasteiger partial charge in [0.1, 0.15) is 11.5 Å². The normalized spacial score (nSPS) is 16.1. The summed E-state index contributed by atoms with van der Waals surface area (Å²) >= 11 is 0. The number of alkyl halides is 3. The lowest BCUT2D eigenvalue weighted by Crippen LogP contribution is -2.44. The number of hydrogen-bond donors (Lipinski definition) is 2. The first-order valence-corrected chi connectivity index (χ1v) is 7.79. The summed E-state index contributed by atoms with van der Waals surface area (Å²) in [7, 11) is 2.07. The van der Waals surface area contributed by atoms with Crippen molar-refractivity contribution in [2.24, 2.45) is 0 Å². The lowest BCUT2D eigenvalue weighted by Gasteiger charge is -2.33. The van der Waals surface area contributed by atoms with Crippen molar-refractivity contribution in [2.75, 3.05) is 43.4 Å². The molecular formula is C16H18F3N5O. The first-order chi connectivity index (χ1) is 11.8. The topological polar surface area (TPSA) is 64.3 Å². The monoisotopic (exact) mass is 353 g/mol. The number of nitrogens with zero attached hydrogens (tertiary/aromatic N) is 3. The largest absolute Gasteiger partial charge is 0.431 e. The molecule has 1 aliphatic rings. The molecule has 2 aromatic rings. The molecule has 3 rings (SSSR count). The summed E-state index contributed by atoms with van der Waals surface area (Å²) < 4.78 is 37.7. The number of rotatable bonds is 3. The molecule has 0 spiro atoms. The van der Waals surface area contributed by atoms with Gasteiger partial charge in [-0.25, -0.2) is 4.98 Å². The lowest BCUT2D eigenvalue weighted by atomic mass is 10.2. The molecule has 2 N–H and O–H groups in total. The van der Waals surface area contributed by atoms with E-state index in [1.165, 1.54) is 0 Å². The van der Waals surface area contributed by atoms with Gasteiger partial charge < -0.3 is 20.1 Å². The lowest BCUT2D eigenvalue weighted by molar-refractivity contribution is -0.140. The van der Waals surface area contributed by atoms with Gasteiger partial charge in [-0.15, -0.1) is 0 Å². The quantitative estimate of drug-likeness (QED) is 0.890. The molecular weight excluding hydrogens is 335 g/mol. The zero-order valence-electron chi connectivity index (χ0n) is 13.6. The van der Waals surface area contributed by atoms with E-state index in [-0.39, 0.29) is 11.4 Å². The maximum Gasteiger partial charge on any atom is 0.431 e. The number of halogens is 3. The van der Waals surface area contributed by atoms with E-state index in [4.69, 9.17) is 0 Å². The molecule has 9 heteroatoms. The molecule has 1 saturated heterocycles. The summed E-state index contributed by atoms with van der Waals surface area (Å²) in [5.74, 6) is -0.357. The molecule has 0 unspecified atom stereocenters. The van der Waals surface area contributed by atoms with Crippen LogP contribution in [-0.2, 0) is 6.18 Å². The maximum atomic E-state index is 12.6. The molecule has 1 fully saturated rings. The average Bonchev–Trinajstić information content (AvgIpc) is 3.07. The molecule has 0 atom stereocenters. The van der Waals surface area contributed by atoms with Crippen molar-refractivity contribution < 1.29 is 18.0 Å². The van der Waals surface area contributed by atoms with Gasteiger partial charge in [-0.1, -0.05) is 0 Å². The Kier molecular flexibility index (Phi) is 4.67. The minimum absolute atomic E-state index is 0.0998. The van der Waals surface area contributed by atoms with E-state index in [9.17, 15) is 18.0 Å². The van der Waals surface area contributed by atoms with Crippen molar-refractivity contribution in [2.45, 2.75) is 6.18 Å². The van der Waals surface area contributed by atoms with Crippen LogP contribution in [-0.4, -0.2) is 54.0 Å². The van der Waals surface area contributed by atoms with Crippen molar-refractivity contribution in [3.8, 4) is 0 Å². The second-order valence-electron chi connectivity index (χ2n) is 5.95. The van der Waals surface area contributed by atoms with E-state index >= 15 is 0 Å². The molecule has 1 aliphatic heterocycles. The molecule has 0 aromatic carbocycles. The van der Waals surface area contributed by atoms with Gasteiger partial charge in [0.05, 0.1) is 17.4 Å². The van der Waals surface area contributed by atoms with Gasteiger partial charge in [-0.2, -0.15) is 13.2 Å². The van der Waals surface area contributed by atoms with E-state index in [0.717, 1.165) is 44.1 Å². The van der Waals surface area contributed by atoms with Gasteiger partial charge in [0.2, 0.25) is 0 Å². The summed E-state index contributed by atoms with van der Waals surface area (Å²) in [6, 6.07) is 4.25. The Balaban J connectivity index is 1.63. The number of anilines is 2. The molecule has 0 aliphatic carbocycles. The minimum atomic E-state index is -4.51. The standard InChI is InChI=1S/C16H18F3N5O/c1-23-4-6-24(7-5-23)12-2-3-14(21-10-12)22-15(25)11-8-13(20-9-11)16(17,18)19/h2-3,8-10,20H,4-7H2,1H3,(H,21,22,25). The van der Waals surface area contributed by atoms with E-state index in [2.05, 4.69) is 32.1 Å². The van der Waals surface area contributed by atoms with Gasteiger partial charge in [0.25, 0.3) is 5.91 Å². The number of pyridine rings is 1. The van der Waals surface area contributed by atoms with Gasteiger partial charge in [0, 0.05) is 32.4 Å².